The van der Waals surface area contributed by atoms with Crippen LogP contribution >= 0.6 is 11.8 Å². The highest BCUT2D eigenvalue weighted by molar-refractivity contribution is 8.00. The van der Waals surface area contributed by atoms with E-state index in [-0.39, 0.29) is 0 Å². The fourth-order valence-electron chi connectivity index (χ4n) is 2.20. The lowest BCUT2D eigenvalue weighted by Crippen LogP contribution is -2.07. The summed E-state index contributed by atoms with van der Waals surface area (Å²) in [5.74, 6) is 0.904. The van der Waals surface area contributed by atoms with Crippen molar-refractivity contribution in [3.05, 3.63) is 42.0 Å². The van der Waals surface area contributed by atoms with Crippen LogP contribution in [0.3, 0.4) is 0 Å². The minimum Gasteiger partial charge on any atom is -0.294 e. The van der Waals surface area contributed by atoms with E-state index in [1.165, 1.54) is 30.6 Å². The first-order chi connectivity index (χ1) is 8.86. The van der Waals surface area contributed by atoms with Gasteiger partial charge in [0.15, 0.2) is 5.78 Å². The molecule has 18 heavy (non-hydrogen) atoms. The normalized spacial score (nSPS) is 19.4. The molecular weight excluding hydrogens is 240 g/mol. The third-order valence-electron chi connectivity index (χ3n) is 3.26. The van der Waals surface area contributed by atoms with Crippen LogP contribution < -0.4 is 0 Å². The topological polar surface area (TPSA) is 17.1 Å². The van der Waals surface area contributed by atoms with Crippen LogP contribution in [0.25, 0.3) is 0 Å². The van der Waals surface area contributed by atoms with Crippen LogP contribution in [0.15, 0.2) is 46.9 Å². The predicted molar refractivity (Wildman–Crippen MR) is 78.0 cm³/mol. The second-order valence-electron chi connectivity index (χ2n) is 4.71. The fourth-order valence-corrected chi connectivity index (χ4v) is 3.04. The number of Topliss-reactive ketones (excluding diaryl/α,β-unsaturated/α-hetero) is 1. The molecule has 0 fully saturated rings. The van der Waals surface area contributed by atoms with Crippen molar-refractivity contribution in [3.8, 4) is 0 Å². The first kappa shape index (κ1) is 13.4. The highest BCUT2D eigenvalue weighted by Gasteiger charge is 2.11. The molecule has 2 heteroatoms. The number of ketones is 1. The van der Waals surface area contributed by atoms with E-state index < -0.39 is 0 Å². The highest BCUT2D eigenvalue weighted by Crippen LogP contribution is 2.22. The van der Waals surface area contributed by atoms with E-state index in [9.17, 15) is 4.79 Å². The van der Waals surface area contributed by atoms with Crippen LogP contribution in [0.5, 0.6) is 0 Å². The Balaban J connectivity index is 1.87. The molecule has 0 spiro atoms. The molecule has 0 aromatic heterocycles. The minimum atomic E-state index is 0.325. The summed E-state index contributed by atoms with van der Waals surface area (Å²) in [6.45, 7) is 0. The van der Waals surface area contributed by atoms with Gasteiger partial charge in [-0.2, -0.15) is 0 Å². The Morgan fingerprint density at radius 2 is 1.83 bits per heavy atom. The summed E-state index contributed by atoms with van der Waals surface area (Å²) in [6.07, 6.45) is 9.24. The van der Waals surface area contributed by atoms with Gasteiger partial charge in [-0.25, -0.2) is 0 Å². The average Bonchev–Trinajstić information content (AvgIpc) is 2.37. The summed E-state index contributed by atoms with van der Waals surface area (Å²) in [4.78, 5) is 13.3. The molecule has 1 aromatic rings. The lowest BCUT2D eigenvalue weighted by Gasteiger charge is -2.10. The van der Waals surface area contributed by atoms with Gasteiger partial charge in [0, 0.05) is 4.90 Å². The summed E-state index contributed by atoms with van der Waals surface area (Å²) < 4.78 is 0. The molecule has 1 aliphatic carbocycles. The maximum Gasteiger partial charge on any atom is 0.168 e. The number of thioether (sulfide) groups is 1. The Bertz CT molecular complexity index is 408. The van der Waals surface area contributed by atoms with E-state index in [0.717, 1.165) is 18.4 Å². The van der Waals surface area contributed by atoms with Crippen molar-refractivity contribution in [2.75, 3.05) is 5.75 Å². The molecule has 0 atom stereocenters. The lowest BCUT2D eigenvalue weighted by atomic mass is 9.98. The van der Waals surface area contributed by atoms with Gasteiger partial charge < -0.3 is 0 Å². The Morgan fingerprint density at radius 1 is 1.06 bits per heavy atom. The van der Waals surface area contributed by atoms with E-state index in [1.54, 1.807) is 11.8 Å². The van der Waals surface area contributed by atoms with Gasteiger partial charge in [-0.1, -0.05) is 37.1 Å². The molecule has 0 saturated heterocycles. The largest absolute Gasteiger partial charge is 0.294 e. The third kappa shape index (κ3) is 4.34. The third-order valence-corrected chi connectivity index (χ3v) is 4.27. The van der Waals surface area contributed by atoms with Crippen molar-refractivity contribution in [2.24, 2.45) is 0 Å². The van der Waals surface area contributed by atoms with Crippen molar-refractivity contribution in [1.82, 2.24) is 0 Å². The summed E-state index contributed by atoms with van der Waals surface area (Å²) in [5.41, 5.74) is 1.07. The molecular formula is C16H20OS. The second-order valence-corrected chi connectivity index (χ2v) is 5.76. The van der Waals surface area contributed by atoms with Crippen LogP contribution in [-0.2, 0) is 4.79 Å². The second kappa shape index (κ2) is 7.42. The smallest absolute Gasteiger partial charge is 0.168 e. The van der Waals surface area contributed by atoms with Gasteiger partial charge >= 0.3 is 0 Å². The van der Waals surface area contributed by atoms with Gasteiger partial charge in [-0.3, -0.25) is 4.79 Å². The molecule has 0 bridgehead atoms. The fraction of sp³-hybridized carbons (Fsp3) is 0.438. The molecule has 1 nitrogen and oxygen atoms in total. The van der Waals surface area contributed by atoms with Gasteiger partial charge in [0.05, 0.1) is 5.75 Å². The van der Waals surface area contributed by atoms with E-state index in [1.807, 2.05) is 18.2 Å². The molecule has 0 N–H and O–H groups in total. The van der Waals surface area contributed by atoms with Crippen LogP contribution in [0.2, 0.25) is 0 Å². The van der Waals surface area contributed by atoms with E-state index in [4.69, 9.17) is 0 Å². The van der Waals surface area contributed by atoms with E-state index >= 15 is 0 Å². The van der Waals surface area contributed by atoms with Crippen LogP contribution in [0.1, 0.15) is 38.5 Å². The molecule has 0 radical (unpaired) electrons. The van der Waals surface area contributed by atoms with Crippen LogP contribution in [0, 0.1) is 0 Å². The van der Waals surface area contributed by atoms with Crippen LogP contribution in [-0.4, -0.2) is 11.5 Å². The lowest BCUT2D eigenvalue weighted by molar-refractivity contribution is -0.113. The Kier molecular flexibility index (Phi) is 5.53. The molecule has 2 rings (SSSR count). The molecule has 0 unspecified atom stereocenters. The SMILES string of the molecule is O=C(CSc1ccccc1)/C1=C/CCCCCC1. The summed E-state index contributed by atoms with van der Waals surface area (Å²) in [7, 11) is 0. The molecule has 0 heterocycles. The molecule has 1 aromatic carbocycles. The van der Waals surface area contributed by atoms with Crippen molar-refractivity contribution in [3.63, 3.8) is 0 Å². The molecule has 1 aliphatic rings. The standard InChI is InChI=1S/C16H20OS/c17-16(13-18-15-11-7-4-8-12-15)14-9-5-2-1-3-6-10-14/h4,7-9,11-12H,1-3,5-6,10,13H2/b14-9+. The first-order valence-corrected chi connectivity index (χ1v) is 7.75. The molecule has 0 aliphatic heterocycles. The van der Waals surface area contributed by atoms with Crippen molar-refractivity contribution in [2.45, 2.75) is 43.4 Å². The quantitative estimate of drug-likeness (QED) is 0.734. The maximum absolute atomic E-state index is 12.1. The molecule has 0 saturated carbocycles. The summed E-state index contributed by atoms with van der Waals surface area (Å²) >= 11 is 1.64. The van der Waals surface area contributed by atoms with Gasteiger partial charge in [-0.15, -0.1) is 11.8 Å². The van der Waals surface area contributed by atoms with Crippen molar-refractivity contribution >= 4 is 17.5 Å². The van der Waals surface area contributed by atoms with Gasteiger partial charge in [0.1, 0.15) is 0 Å². The van der Waals surface area contributed by atoms with Gasteiger partial charge in [0.25, 0.3) is 0 Å². The first-order valence-electron chi connectivity index (χ1n) is 6.76. The van der Waals surface area contributed by atoms with E-state index in [0.29, 0.717) is 11.5 Å². The zero-order valence-electron chi connectivity index (χ0n) is 10.7. The zero-order chi connectivity index (χ0) is 12.6. The average molecular weight is 260 g/mol. The molecule has 96 valence electrons. The number of benzene rings is 1. The van der Waals surface area contributed by atoms with Crippen LogP contribution in [0.4, 0.5) is 0 Å². The van der Waals surface area contributed by atoms with Gasteiger partial charge in [0.2, 0.25) is 0 Å². The monoisotopic (exact) mass is 260 g/mol. The Morgan fingerprint density at radius 3 is 2.67 bits per heavy atom. The number of hydrogen-bond donors (Lipinski definition) is 0. The van der Waals surface area contributed by atoms with Crippen molar-refractivity contribution < 1.29 is 4.79 Å². The van der Waals surface area contributed by atoms with E-state index in [2.05, 4.69) is 18.2 Å². The predicted octanol–water partition coefficient (Wildman–Crippen LogP) is 4.63. The number of carbonyl (C=O) groups is 1. The van der Waals surface area contributed by atoms with Gasteiger partial charge in [-0.05, 0) is 43.4 Å². The summed E-state index contributed by atoms with van der Waals surface area (Å²) in [5, 5.41) is 0. The number of rotatable bonds is 4. The number of carbonyl (C=O) groups excluding carboxylic acids is 1. The molecule has 0 amide bonds. The Hall–Kier alpha value is -1.02. The van der Waals surface area contributed by atoms with Crippen molar-refractivity contribution in [1.29, 1.82) is 0 Å². The summed E-state index contributed by atoms with van der Waals surface area (Å²) in [6, 6.07) is 10.2. The maximum atomic E-state index is 12.1. The Labute approximate surface area is 114 Å². The number of hydrogen-bond acceptors (Lipinski definition) is 2. The zero-order valence-corrected chi connectivity index (χ0v) is 11.5. The minimum absolute atomic E-state index is 0.325. The number of allylic oxidation sites excluding steroid dienone is 2. The highest BCUT2D eigenvalue weighted by atomic mass is 32.2.